The Balaban J connectivity index is 2.61. The predicted molar refractivity (Wildman–Crippen MR) is 60.0 cm³/mol. The van der Waals surface area contributed by atoms with Gasteiger partial charge in [-0.3, -0.25) is 4.79 Å². The van der Waals surface area contributed by atoms with Crippen LogP contribution in [-0.4, -0.2) is 12.1 Å². The maximum Gasteiger partial charge on any atom is 0.251 e. The fourth-order valence-corrected chi connectivity index (χ4v) is 1.62. The van der Waals surface area contributed by atoms with Crippen molar-refractivity contribution in [2.45, 2.75) is 13.5 Å². The van der Waals surface area contributed by atoms with E-state index in [-0.39, 0.29) is 5.56 Å². The highest BCUT2D eigenvalue weighted by Gasteiger charge is 1.99. The van der Waals surface area contributed by atoms with Crippen molar-refractivity contribution < 1.29 is 4.74 Å². The van der Waals surface area contributed by atoms with Crippen LogP contribution in [0.5, 0.6) is 0 Å². The van der Waals surface area contributed by atoms with Crippen molar-refractivity contribution in [2.24, 2.45) is 0 Å². The van der Waals surface area contributed by atoms with Crippen LogP contribution in [0.1, 0.15) is 11.1 Å². The molecule has 0 atom stereocenters. The quantitative estimate of drug-likeness (QED) is 0.811. The minimum atomic E-state index is -0.0259. The smallest absolute Gasteiger partial charge is 0.251 e. The maximum absolute atomic E-state index is 11.4. The van der Waals surface area contributed by atoms with Crippen LogP contribution in [0.4, 0.5) is 0 Å². The third-order valence-electron chi connectivity index (χ3n) is 2.41. The average Bonchev–Trinajstić information content (AvgIpc) is 2.21. The van der Waals surface area contributed by atoms with Gasteiger partial charge in [0, 0.05) is 18.2 Å². The van der Waals surface area contributed by atoms with E-state index in [1.807, 2.05) is 24.3 Å². The fourth-order valence-electron chi connectivity index (χ4n) is 1.62. The number of aromatic amines is 1. The number of ether oxygens (including phenoxy) is 1. The number of fused-ring (bicyclic) bond motifs is 1. The number of methoxy groups -OCH3 is 1. The third-order valence-corrected chi connectivity index (χ3v) is 2.41. The summed E-state index contributed by atoms with van der Waals surface area (Å²) in [7, 11) is 1.67. The first-order valence-corrected chi connectivity index (χ1v) is 4.82. The number of hydrogen-bond acceptors (Lipinski definition) is 2. The molecule has 78 valence electrons. The number of nitrogens with one attached hydrogen (secondary N) is 1. The monoisotopic (exact) mass is 203 g/mol. The van der Waals surface area contributed by atoms with E-state index in [9.17, 15) is 4.79 Å². The van der Waals surface area contributed by atoms with Gasteiger partial charge in [-0.25, -0.2) is 0 Å². The van der Waals surface area contributed by atoms with Gasteiger partial charge in [0.2, 0.25) is 0 Å². The molecule has 15 heavy (non-hydrogen) atoms. The third kappa shape index (κ3) is 1.92. The number of rotatable bonds is 2. The minimum absolute atomic E-state index is 0.0259. The largest absolute Gasteiger partial charge is 0.380 e. The topological polar surface area (TPSA) is 42.1 Å². The van der Waals surface area contributed by atoms with E-state index in [0.717, 1.165) is 22.0 Å². The summed E-state index contributed by atoms with van der Waals surface area (Å²) in [5.41, 5.74) is 2.68. The summed E-state index contributed by atoms with van der Waals surface area (Å²) in [5, 5.41) is 1.04. The van der Waals surface area contributed by atoms with Crippen LogP contribution >= 0.6 is 0 Å². The molecular weight excluding hydrogens is 190 g/mol. The number of hydrogen-bond donors (Lipinski definition) is 1. The van der Waals surface area contributed by atoms with Crippen molar-refractivity contribution in [2.75, 3.05) is 7.11 Å². The first-order chi connectivity index (χ1) is 7.20. The second-order valence-corrected chi connectivity index (χ2v) is 3.64. The van der Waals surface area contributed by atoms with Gasteiger partial charge in [0.05, 0.1) is 6.61 Å². The number of benzene rings is 1. The van der Waals surface area contributed by atoms with Crippen molar-refractivity contribution in [3.63, 3.8) is 0 Å². The van der Waals surface area contributed by atoms with Gasteiger partial charge >= 0.3 is 0 Å². The molecule has 1 aromatic heterocycles. The summed E-state index contributed by atoms with van der Waals surface area (Å²) in [6.07, 6.45) is 0. The Hall–Kier alpha value is -1.61. The van der Waals surface area contributed by atoms with Crippen LogP contribution in [0.15, 0.2) is 29.1 Å². The van der Waals surface area contributed by atoms with Crippen LogP contribution in [0.3, 0.4) is 0 Å². The lowest BCUT2D eigenvalue weighted by atomic mass is 10.1. The molecule has 0 saturated heterocycles. The van der Waals surface area contributed by atoms with Crippen molar-refractivity contribution in [3.05, 3.63) is 45.7 Å². The van der Waals surface area contributed by atoms with E-state index in [4.69, 9.17) is 4.74 Å². The van der Waals surface area contributed by atoms with Gasteiger partial charge in [-0.2, -0.15) is 0 Å². The van der Waals surface area contributed by atoms with Crippen molar-refractivity contribution in [1.29, 1.82) is 0 Å². The lowest BCUT2D eigenvalue weighted by Crippen LogP contribution is -2.08. The zero-order valence-corrected chi connectivity index (χ0v) is 8.83. The van der Waals surface area contributed by atoms with Crippen LogP contribution in [-0.2, 0) is 11.3 Å². The SMILES string of the molecule is COCc1ccc2[nH]c(=O)c(C)cc2c1. The van der Waals surface area contributed by atoms with Crippen LogP contribution < -0.4 is 5.56 Å². The normalized spacial score (nSPS) is 10.8. The highest BCUT2D eigenvalue weighted by Crippen LogP contribution is 2.13. The number of H-pyrrole nitrogens is 1. The van der Waals surface area contributed by atoms with Crippen molar-refractivity contribution in [1.82, 2.24) is 4.98 Å². The first kappa shape index (κ1) is 9.93. The highest BCUT2D eigenvalue weighted by molar-refractivity contribution is 5.79. The van der Waals surface area contributed by atoms with Gasteiger partial charge in [-0.15, -0.1) is 0 Å². The van der Waals surface area contributed by atoms with E-state index >= 15 is 0 Å². The van der Waals surface area contributed by atoms with E-state index in [2.05, 4.69) is 4.98 Å². The molecule has 0 radical (unpaired) electrons. The molecule has 0 fully saturated rings. The number of aromatic nitrogens is 1. The lowest BCUT2D eigenvalue weighted by Gasteiger charge is -2.03. The van der Waals surface area contributed by atoms with Gasteiger partial charge in [-0.05, 0) is 36.1 Å². The fraction of sp³-hybridized carbons (Fsp3) is 0.250. The Kier molecular flexibility index (Phi) is 2.56. The van der Waals surface area contributed by atoms with E-state index in [1.165, 1.54) is 0 Å². The zero-order chi connectivity index (χ0) is 10.8. The maximum atomic E-state index is 11.4. The molecule has 0 bridgehead atoms. The first-order valence-electron chi connectivity index (χ1n) is 4.82. The second kappa shape index (κ2) is 3.87. The Bertz CT molecular complexity index is 543. The molecule has 0 amide bonds. The predicted octanol–water partition coefficient (Wildman–Crippen LogP) is 1.98. The summed E-state index contributed by atoms with van der Waals surface area (Å²) in [4.78, 5) is 14.2. The summed E-state index contributed by atoms with van der Waals surface area (Å²) >= 11 is 0. The van der Waals surface area contributed by atoms with E-state index in [0.29, 0.717) is 6.61 Å². The summed E-state index contributed by atoms with van der Waals surface area (Å²) < 4.78 is 5.06. The van der Waals surface area contributed by atoms with Crippen molar-refractivity contribution in [3.8, 4) is 0 Å². The Morgan fingerprint density at radius 3 is 2.87 bits per heavy atom. The minimum Gasteiger partial charge on any atom is -0.380 e. The Labute approximate surface area is 87.7 Å². The van der Waals surface area contributed by atoms with Gasteiger partial charge in [0.25, 0.3) is 5.56 Å². The van der Waals surface area contributed by atoms with Crippen LogP contribution in [0.2, 0.25) is 0 Å². The van der Waals surface area contributed by atoms with Gasteiger partial charge in [-0.1, -0.05) is 6.07 Å². The molecule has 0 unspecified atom stereocenters. The van der Waals surface area contributed by atoms with Crippen LogP contribution in [0, 0.1) is 6.92 Å². The molecule has 1 aromatic carbocycles. The molecule has 2 rings (SSSR count). The molecule has 0 aliphatic heterocycles. The summed E-state index contributed by atoms with van der Waals surface area (Å²) in [6.45, 7) is 2.40. The molecule has 0 spiro atoms. The van der Waals surface area contributed by atoms with Gasteiger partial charge in [0.15, 0.2) is 0 Å². The molecule has 1 heterocycles. The molecule has 1 N–H and O–H groups in total. The molecule has 0 aliphatic rings. The Morgan fingerprint density at radius 2 is 2.13 bits per heavy atom. The molecular formula is C12H13NO2. The molecule has 0 saturated carbocycles. The summed E-state index contributed by atoms with van der Waals surface area (Å²) in [5.74, 6) is 0. The average molecular weight is 203 g/mol. The Morgan fingerprint density at radius 1 is 1.33 bits per heavy atom. The van der Waals surface area contributed by atoms with E-state index < -0.39 is 0 Å². The lowest BCUT2D eigenvalue weighted by molar-refractivity contribution is 0.185. The van der Waals surface area contributed by atoms with Gasteiger partial charge < -0.3 is 9.72 Å². The zero-order valence-electron chi connectivity index (χ0n) is 8.83. The highest BCUT2D eigenvalue weighted by atomic mass is 16.5. The standard InChI is InChI=1S/C12H13NO2/c1-8-5-10-6-9(7-15-2)3-4-11(10)13-12(8)14/h3-6H,7H2,1-2H3,(H,13,14). The molecule has 0 aliphatic carbocycles. The summed E-state index contributed by atoms with van der Waals surface area (Å²) in [6, 6.07) is 7.79. The second-order valence-electron chi connectivity index (χ2n) is 3.64. The number of aryl methyl sites for hydroxylation is 1. The molecule has 2 aromatic rings. The van der Waals surface area contributed by atoms with Crippen molar-refractivity contribution >= 4 is 10.9 Å². The van der Waals surface area contributed by atoms with Crippen LogP contribution in [0.25, 0.3) is 10.9 Å². The number of pyridine rings is 1. The molecule has 3 heteroatoms. The van der Waals surface area contributed by atoms with E-state index in [1.54, 1.807) is 14.0 Å². The molecule has 3 nitrogen and oxygen atoms in total. The van der Waals surface area contributed by atoms with Gasteiger partial charge in [0.1, 0.15) is 0 Å².